The fourth-order valence-corrected chi connectivity index (χ4v) is 9.86. The van der Waals surface area contributed by atoms with Gasteiger partial charge in [-0.3, -0.25) is 0 Å². The van der Waals surface area contributed by atoms with E-state index in [2.05, 4.69) is 184 Å². The van der Waals surface area contributed by atoms with Gasteiger partial charge in [-0.1, -0.05) is 143 Å². The van der Waals surface area contributed by atoms with E-state index in [0.29, 0.717) is 0 Å². The number of fused-ring (bicyclic) bond motifs is 6. The van der Waals surface area contributed by atoms with E-state index in [4.69, 9.17) is 0 Å². The molecule has 1 nitrogen and oxygen atoms in total. The summed E-state index contributed by atoms with van der Waals surface area (Å²) in [6.07, 6.45) is 0. The molecule has 0 saturated heterocycles. The second-order valence-corrected chi connectivity index (χ2v) is 15.7. The quantitative estimate of drug-likeness (QED) is 0.168. The molecule has 9 aromatic rings. The number of nitrogens with zero attached hydrogens (tertiary/aromatic N) is 1. The highest BCUT2D eigenvalue weighted by Crippen LogP contribution is 2.52. The maximum Gasteiger partial charge on any atom is 0.0547 e. The molecule has 2 aliphatic carbocycles. The molecular weight excluding hydrogens is 615 g/mol. The molecule has 11 rings (SSSR count). The Morgan fingerprint density at radius 2 is 0.765 bits per heavy atom. The second kappa shape index (κ2) is 9.86. The molecule has 0 unspecified atom stereocenters. The summed E-state index contributed by atoms with van der Waals surface area (Å²) in [6, 6.07) is 57.2. The largest absolute Gasteiger partial charge is 0.309 e. The fourth-order valence-electron chi connectivity index (χ4n) is 9.86. The Labute approximate surface area is 298 Å². The third-order valence-electron chi connectivity index (χ3n) is 12.4. The zero-order valence-corrected chi connectivity index (χ0v) is 29.4. The van der Waals surface area contributed by atoms with E-state index in [0.717, 1.165) is 0 Å². The van der Waals surface area contributed by atoms with Crippen LogP contribution < -0.4 is 0 Å². The van der Waals surface area contributed by atoms with Crippen LogP contribution in [0.3, 0.4) is 0 Å². The molecule has 0 aliphatic heterocycles. The molecule has 0 fully saturated rings. The van der Waals surface area contributed by atoms with Crippen LogP contribution in [-0.2, 0) is 10.8 Å². The molecule has 1 heterocycles. The number of aromatic nitrogens is 1. The van der Waals surface area contributed by atoms with Crippen molar-refractivity contribution in [3.8, 4) is 50.2 Å². The Morgan fingerprint density at radius 3 is 1.25 bits per heavy atom. The first-order valence-corrected chi connectivity index (χ1v) is 18.2. The summed E-state index contributed by atoms with van der Waals surface area (Å²) in [7, 11) is 0. The van der Waals surface area contributed by atoms with Gasteiger partial charge in [-0.05, 0) is 114 Å². The van der Waals surface area contributed by atoms with E-state index in [1.54, 1.807) is 0 Å². The van der Waals surface area contributed by atoms with Crippen molar-refractivity contribution in [2.24, 2.45) is 0 Å². The molecule has 0 N–H and O–H groups in total. The summed E-state index contributed by atoms with van der Waals surface area (Å²) < 4.78 is 2.46. The molecule has 1 aromatic heterocycles. The average molecular weight is 652 g/mol. The van der Waals surface area contributed by atoms with E-state index < -0.39 is 0 Å². The molecule has 242 valence electrons. The lowest BCUT2D eigenvalue weighted by Crippen LogP contribution is -2.14. The fraction of sp³-hybridized carbons (Fsp3) is 0.120. The lowest BCUT2D eigenvalue weighted by Gasteiger charge is -2.22. The zero-order valence-electron chi connectivity index (χ0n) is 29.4. The first-order valence-electron chi connectivity index (χ1n) is 18.2. The Kier molecular flexibility index (Phi) is 5.58. The molecule has 0 bridgehead atoms. The first-order chi connectivity index (χ1) is 24.8. The van der Waals surface area contributed by atoms with Crippen LogP contribution in [0.4, 0.5) is 0 Å². The minimum Gasteiger partial charge on any atom is -0.309 e. The van der Waals surface area contributed by atoms with E-state index in [1.165, 1.54) is 105 Å². The van der Waals surface area contributed by atoms with Gasteiger partial charge in [-0.2, -0.15) is 0 Å². The maximum absolute atomic E-state index is 2.46. The van der Waals surface area contributed by atoms with Crippen LogP contribution in [-0.4, -0.2) is 4.57 Å². The van der Waals surface area contributed by atoms with Gasteiger partial charge in [0.15, 0.2) is 0 Å². The molecule has 0 amide bonds. The van der Waals surface area contributed by atoms with Gasteiger partial charge in [-0.25, -0.2) is 0 Å². The lowest BCUT2D eigenvalue weighted by atomic mass is 9.81. The van der Waals surface area contributed by atoms with Gasteiger partial charge in [0.25, 0.3) is 0 Å². The summed E-state index contributed by atoms with van der Waals surface area (Å²) in [5.41, 5.74) is 19.8. The van der Waals surface area contributed by atoms with Gasteiger partial charge in [0.1, 0.15) is 0 Å². The first kappa shape index (κ1) is 28.9. The van der Waals surface area contributed by atoms with Crippen LogP contribution in [0.2, 0.25) is 0 Å². The van der Waals surface area contributed by atoms with Crippen LogP contribution in [0.25, 0.3) is 82.8 Å². The highest BCUT2D eigenvalue weighted by atomic mass is 15.0. The van der Waals surface area contributed by atoms with Gasteiger partial charge in [0.2, 0.25) is 0 Å². The van der Waals surface area contributed by atoms with Crippen LogP contribution >= 0.6 is 0 Å². The molecule has 0 spiro atoms. The molecule has 51 heavy (non-hydrogen) atoms. The van der Waals surface area contributed by atoms with Crippen LogP contribution in [0.1, 0.15) is 49.9 Å². The SMILES string of the molecule is CC1(C)c2ccccc2-c2ccc(-c3ccc4c5c3ccc3c(-c6ccc7c(c6)C(C)(C)c6ccccc6-7)ccc(c35)n4-c3ccccc3)cc21. The van der Waals surface area contributed by atoms with Crippen molar-refractivity contribution in [2.45, 2.75) is 38.5 Å². The van der Waals surface area contributed by atoms with Crippen LogP contribution in [0, 0.1) is 0 Å². The Bertz CT molecular complexity index is 2720. The van der Waals surface area contributed by atoms with E-state index >= 15 is 0 Å². The highest BCUT2D eigenvalue weighted by Gasteiger charge is 2.36. The zero-order chi connectivity index (χ0) is 34.2. The predicted molar refractivity (Wildman–Crippen MR) is 215 cm³/mol. The normalized spacial score (nSPS) is 15.0. The predicted octanol–water partition coefficient (Wildman–Crippen LogP) is 13.3. The van der Waals surface area contributed by atoms with E-state index in [1.807, 2.05) is 0 Å². The third kappa shape index (κ3) is 3.71. The van der Waals surface area contributed by atoms with Crippen LogP contribution in [0.15, 0.2) is 152 Å². The van der Waals surface area contributed by atoms with Crippen molar-refractivity contribution < 1.29 is 0 Å². The molecule has 2 aliphatic rings. The van der Waals surface area contributed by atoms with Gasteiger partial charge < -0.3 is 4.57 Å². The van der Waals surface area contributed by atoms with Crippen molar-refractivity contribution in [3.05, 3.63) is 174 Å². The van der Waals surface area contributed by atoms with Crippen molar-refractivity contribution >= 4 is 32.6 Å². The third-order valence-corrected chi connectivity index (χ3v) is 12.4. The summed E-state index contributed by atoms with van der Waals surface area (Å²) in [5.74, 6) is 0. The Balaban J connectivity index is 1.16. The standard InChI is InChI=1S/C50H37N/c1-49(2)41-16-10-8-14-35(41)37-20-18-30(28-43(37)49)33-24-26-45-47-39(33)22-23-40-34(25-27-46(48(40)47)51(45)32-12-6-5-7-13-32)31-19-21-38-36-15-9-11-17-42(36)50(3,4)44(38)29-31/h5-29H,1-4H3. The lowest BCUT2D eigenvalue weighted by molar-refractivity contribution is 0.660. The summed E-state index contributed by atoms with van der Waals surface area (Å²) in [4.78, 5) is 0. The summed E-state index contributed by atoms with van der Waals surface area (Å²) in [5, 5.41) is 5.27. The molecule has 0 atom stereocenters. The number of hydrogen-bond donors (Lipinski definition) is 0. The molecule has 1 heteroatoms. The minimum absolute atomic E-state index is 0.0453. The van der Waals surface area contributed by atoms with Gasteiger partial charge in [-0.15, -0.1) is 0 Å². The molecule has 0 saturated carbocycles. The second-order valence-electron chi connectivity index (χ2n) is 15.7. The highest BCUT2D eigenvalue weighted by molar-refractivity contribution is 6.28. The number of rotatable bonds is 3. The minimum atomic E-state index is -0.0453. The Morgan fingerprint density at radius 1 is 0.353 bits per heavy atom. The smallest absolute Gasteiger partial charge is 0.0547 e. The van der Waals surface area contributed by atoms with Crippen molar-refractivity contribution in [2.75, 3.05) is 0 Å². The topological polar surface area (TPSA) is 4.93 Å². The van der Waals surface area contributed by atoms with Crippen molar-refractivity contribution in [1.29, 1.82) is 0 Å². The van der Waals surface area contributed by atoms with Crippen molar-refractivity contribution in [3.63, 3.8) is 0 Å². The summed E-state index contributed by atoms with van der Waals surface area (Å²) in [6.45, 7) is 9.48. The van der Waals surface area contributed by atoms with Crippen molar-refractivity contribution in [1.82, 2.24) is 4.57 Å². The monoisotopic (exact) mass is 651 g/mol. The maximum atomic E-state index is 2.46. The molecule has 0 radical (unpaired) electrons. The number of hydrogen-bond acceptors (Lipinski definition) is 0. The van der Waals surface area contributed by atoms with E-state index in [9.17, 15) is 0 Å². The van der Waals surface area contributed by atoms with Crippen LogP contribution in [0.5, 0.6) is 0 Å². The summed E-state index contributed by atoms with van der Waals surface area (Å²) >= 11 is 0. The molecular formula is C50H37N. The Hall–Kier alpha value is -5.92. The van der Waals surface area contributed by atoms with Gasteiger partial charge >= 0.3 is 0 Å². The average Bonchev–Trinajstić information content (AvgIpc) is 3.71. The number of para-hydroxylation sites is 1. The van der Waals surface area contributed by atoms with Gasteiger partial charge in [0.05, 0.1) is 11.0 Å². The van der Waals surface area contributed by atoms with Gasteiger partial charge in [0, 0.05) is 27.3 Å². The number of benzene rings is 8. The van der Waals surface area contributed by atoms with E-state index in [-0.39, 0.29) is 10.8 Å². The molecule has 8 aromatic carbocycles.